The summed E-state index contributed by atoms with van der Waals surface area (Å²) in [6.07, 6.45) is 4.64. The van der Waals surface area contributed by atoms with Gasteiger partial charge in [-0.2, -0.15) is 5.10 Å². The number of aromatic nitrogens is 2. The zero-order valence-corrected chi connectivity index (χ0v) is 15.0. The molecule has 3 aromatic rings. The summed E-state index contributed by atoms with van der Waals surface area (Å²) in [4.78, 5) is 12.0. The Morgan fingerprint density at radius 1 is 1.20 bits per heavy atom. The number of benzene rings is 2. The van der Waals surface area contributed by atoms with Crippen LogP contribution in [0.15, 0.2) is 65.4 Å². The van der Waals surface area contributed by atoms with E-state index >= 15 is 0 Å². The molecule has 0 unspecified atom stereocenters. The first-order chi connectivity index (χ1) is 12.1. The smallest absolute Gasteiger partial charge is 0.220 e. The van der Waals surface area contributed by atoms with Gasteiger partial charge in [0.05, 0.1) is 11.9 Å². The van der Waals surface area contributed by atoms with Gasteiger partial charge in [0.15, 0.2) is 0 Å². The van der Waals surface area contributed by atoms with Gasteiger partial charge in [0.25, 0.3) is 0 Å². The molecular weight excluding hydrogens is 385 g/mol. The van der Waals surface area contributed by atoms with Crippen molar-refractivity contribution in [2.24, 2.45) is 0 Å². The molecule has 1 aromatic heterocycles. The summed E-state index contributed by atoms with van der Waals surface area (Å²) in [7, 11) is 0. The number of para-hydroxylation sites is 1. The molecule has 0 spiro atoms. The van der Waals surface area contributed by atoms with E-state index in [0.29, 0.717) is 24.9 Å². The lowest BCUT2D eigenvalue weighted by Crippen LogP contribution is -2.23. The first-order valence-electron chi connectivity index (χ1n) is 7.91. The van der Waals surface area contributed by atoms with E-state index in [0.717, 1.165) is 15.7 Å². The molecule has 3 rings (SSSR count). The number of nitrogens with one attached hydrogen (secondary N) is 1. The van der Waals surface area contributed by atoms with Crippen molar-refractivity contribution >= 4 is 21.8 Å². The molecule has 0 saturated carbocycles. The predicted molar refractivity (Wildman–Crippen MR) is 97.8 cm³/mol. The average Bonchev–Trinajstić information content (AvgIpc) is 3.10. The van der Waals surface area contributed by atoms with Gasteiger partial charge in [-0.05, 0) is 47.9 Å². The Bertz CT molecular complexity index is 864. The number of amides is 1. The predicted octanol–water partition coefficient (Wildman–Crippen LogP) is 4.02. The molecule has 0 atom stereocenters. The van der Waals surface area contributed by atoms with Crippen molar-refractivity contribution in [3.05, 3.63) is 82.3 Å². The molecule has 128 valence electrons. The van der Waals surface area contributed by atoms with Crippen molar-refractivity contribution in [2.75, 3.05) is 0 Å². The van der Waals surface area contributed by atoms with Crippen LogP contribution in [-0.4, -0.2) is 15.7 Å². The molecule has 0 aliphatic carbocycles. The number of rotatable bonds is 6. The molecule has 0 aliphatic rings. The van der Waals surface area contributed by atoms with Crippen LogP contribution in [0, 0.1) is 5.82 Å². The Morgan fingerprint density at radius 2 is 2.00 bits per heavy atom. The second-order valence-electron chi connectivity index (χ2n) is 5.64. The molecule has 0 bridgehead atoms. The maximum absolute atomic E-state index is 13.2. The third kappa shape index (κ3) is 4.76. The second-order valence-corrected chi connectivity index (χ2v) is 6.50. The van der Waals surface area contributed by atoms with E-state index in [2.05, 4.69) is 26.3 Å². The number of hydrogen-bond donors (Lipinski definition) is 1. The Balaban J connectivity index is 1.51. The van der Waals surface area contributed by atoms with Gasteiger partial charge in [0.1, 0.15) is 5.82 Å². The molecule has 6 heteroatoms. The monoisotopic (exact) mass is 401 g/mol. The van der Waals surface area contributed by atoms with Crippen molar-refractivity contribution in [1.82, 2.24) is 15.1 Å². The Hall–Kier alpha value is -2.47. The highest BCUT2D eigenvalue weighted by Gasteiger charge is 2.07. The molecule has 0 aliphatic heterocycles. The maximum atomic E-state index is 13.2. The zero-order chi connectivity index (χ0) is 17.6. The fourth-order valence-electron chi connectivity index (χ4n) is 2.43. The lowest BCUT2D eigenvalue weighted by Gasteiger charge is -2.07. The Kier molecular flexibility index (Phi) is 5.60. The van der Waals surface area contributed by atoms with Crippen LogP contribution in [0.5, 0.6) is 0 Å². The number of nitrogens with zero attached hydrogens (tertiary/aromatic N) is 2. The van der Waals surface area contributed by atoms with Crippen LogP contribution in [0.3, 0.4) is 0 Å². The largest absolute Gasteiger partial charge is 0.352 e. The van der Waals surface area contributed by atoms with Crippen molar-refractivity contribution in [2.45, 2.75) is 19.4 Å². The summed E-state index contributed by atoms with van der Waals surface area (Å²) in [5.74, 6) is -0.399. The van der Waals surface area contributed by atoms with Gasteiger partial charge in [-0.15, -0.1) is 0 Å². The molecule has 1 N–H and O–H groups in total. The summed E-state index contributed by atoms with van der Waals surface area (Å²) >= 11 is 3.35. The average molecular weight is 402 g/mol. The minimum Gasteiger partial charge on any atom is -0.352 e. The van der Waals surface area contributed by atoms with E-state index in [-0.39, 0.29) is 11.7 Å². The topological polar surface area (TPSA) is 46.9 Å². The molecule has 2 aromatic carbocycles. The quantitative estimate of drug-likeness (QED) is 0.677. The van der Waals surface area contributed by atoms with Crippen LogP contribution in [-0.2, 0) is 17.8 Å². The normalized spacial score (nSPS) is 10.6. The van der Waals surface area contributed by atoms with E-state index < -0.39 is 0 Å². The molecular formula is C19H17BrFN3O. The molecule has 1 heterocycles. The summed E-state index contributed by atoms with van der Waals surface area (Å²) in [6.45, 7) is 0.292. The van der Waals surface area contributed by atoms with Gasteiger partial charge >= 0.3 is 0 Å². The van der Waals surface area contributed by atoms with E-state index in [1.807, 2.05) is 36.5 Å². The number of halogens is 2. The van der Waals surface area contributed by atoms with Gasteiger partial charge in [-0.25, -0.2) is 9.07 Å². The SMILES string of the molecule is O=C(CCc1cnn(-c2ccccc2)c1)NCc1cc(F)ccc1Br. The van der Waals surface area contributed by atoms with Crippen molar-refractivity contribution < 1.29 is 9.18 Å². The third-order valence-corrected chi connectivity index (χ3v) is 4.55. The van der Waals surface area contributed by atoms with Crippen LogP contribution in [0.1, 0.15) is 17.5 Å². The fourth-order valence-corrected chi connectivity index (χ4v) is 2.82. The second kappa shape index (κ2) is 8.07. The Morgan fingerprint density at radius 3 is 2.80 bits per heavy atom. The minimum absolute atomic E-state index is 0.0800. The van der Waals surface area contributed by atoms with Crippen LogP contribution in [0.25, 0.3) is 5.69 Å². The van der Waals surface area contributed by atoms with Gasteiger partial charge < -0.3 is 5.32 Å². The number of aryl methyl sites for hydroxylation is 1. The summed E-state index contributed by atoms with van der Waals surface area (Å²) in [5, 5.41) is 7.13. The van der Waals surface area contributed by atoms with E-state index in [1.165, 1.54) is 12.1 Å². The molecule has 4 nitrogen and oxygen atoms in total. The third-order valence-electron chi connectivity index (χ3n) is 3.78. The lowest BCUT2D eigenvalue weighted by molar-refractivity contribution is -0.121. The van der Waals surface area contributed by atoms with Gasteiger partial charge in [-0.1, -0.05) is 34.1 Å². The summed E-state index contributed by atoms with van der Waals surface area (Å²) in [6, 6.07) is 14.2. The highest BCUT2D eigenvalue weighted by Crippen LogP contribution is 2.17. The highest BCUT2D eigenvalue weighted by molar-refractivity contribution is 9.10. The lowest BCUT2D eigenvalue weighted by atomic mass is 10.2. The first-order valence-corrected chi connectivity index (χ1v) is 8.71. The molecule has 0 saturated heterocycles. The van der Waals surface area contributed by atoms with E-state index in [1.54, 1.807) is 16.9 Å². The van der Waals surface area contributed by atoms with Crippen molar-refractivity contribution in [1.29, 1.82) is 0 Å². The van der Waals surface area contributed by atoms with E-state index in [4.69, 9.17) is 0 Å². The summed E-state index contributed by atoms with van der Waals surface area (Å²) < 4.78 is 15.8. The summed E-state index contributed by atoms with van der Waals surface area (Å²) in [5.41, 5.74) is 2.69. The minimum atomic E-state index is -0.319. The molecule has 0 radical (unpaired) electrons. The number of carbonyl (C=O) groups is 1. The fraction of sp³-hybridized carbons (Fsp3) is 0.158. The van der Waals surface area contributed by atoms with Crippen LogP contribution in [0.2, 0.25) is 0 Å². The molecule has 0 fully saturated rings. The van der Waals surface area contributed by atoms with Crippen molar-refractivity contribution in [3.63, 3.8) is 0 Å². The van der Waals surface area contributed by atoms with Crippen LogP contribution in [0.4, 0.5) is 4.39 Å². The van der Waals surface area contributed by atoms with Gasteiger partial charge in [0.2, 0.25) is 5.91 Å². The van der Waals surface area contributed by atoms with E-state index in [9.17, 15) is 9.18 Å². The first kappa shape index (κ1) is 17.4. The molecule has 25 heavy (non-hydrogen) atoms. The van der Waals surface area contributed by atoms with Crippen LogP contribution >= 0.6 is 15.9 Å². The van der Waals surface area contributed by atoms with Gasteiger partial charge in [-0.3, -0.25) is 4.79 Å². The van der Waals surface area contributed by atoms with Gasteiger partial charge in [0, 0.05) is 23.6 Å². The zero-order valence-electron chi connectivity index (χ0n) is 13.5. The molecule has 1 amide bonds. The van der Waals surface area contributed by atoms with Crippen molar-refractivity contribution in [3.8, 4) is 5.69 Å². The Labute approximate surface area is 153 Å². The number of carbonyl (C=O) groups excluding carboxylic acids is 1. The number of hydrogen-bond acceptors (Lipinski definition) is 2. The standard InChI is InChI=1S/C19H17BrFN3O/c20-18-8-7-16(21)10-15(18)12-22-19(25)9-6-14-11-23-24(13-14)17-4-2-1-3-5-17/h1-5,7-8,10-11,13H,6,9,12H2,(H,22,25). The highest BCUT2D eigenvalue weighted by atomic mass is 79.9. The maximum Gasteiger partial charge on any atom is 0.220 e. The van der Waals surface area contributed by atoms with Crippen LogP contribution < -0.4 is 5.32 Å².